The van der Waals surface area contributed by atoms with Crippen LogP contribution in [0.3, 0.4) is 0 Å². The van der Waals surface area contributed by atoms with Gasteiger partial charge in [0.15, 0.2) is 0 Å². The van der Waals surface area contributed by atoms with Crippen LogP contribution in [0, 0.1) is 10.1 Å². The fourth-order valence-corrected chi connectivity index (χ4v) is 2.94. The normalized spacial score (nSPS) is 21.8. The van der Waals surface area contributed by atoms with E-state index in [-0.39, 0.29) is 17.2 Å². The van der Waals surface area contributed by atoms with Crippen LogP contribution in [0.15, 0.2) is 24.3 Å². The second kappa shape index (κ2) is 6.18. The molecular weight excluding hydrogens is 296 g/mol. The first-order valence-corrected chi connectivity index (χ1v) is 7.84. The number of non-ortho nitro benzene ring substituents is 1. The summed E-state index contributed by atoms with van der Waals surface area (Å²) in [4.78, 5) is 24.4. The van der Waals surface area contributed by atoms with Crippen molar-refractivity contribution in [3.8, 4) is 0 Å². The largest absolute Gasteiger partial charge is 0.444 e. The van der Waals surface area contributed by atoms with Crippen LogP contribution in [0.25, 0.3) is 0 Å². The highest BCUT2D eigenvalue weighted by atomic mass is 16.6. The molecule has 1 unspecified atom stereocenters. The molecule has 6 nitrogen and oxygen atoms in total. The van der Waals surface area contributed by atoms with E-state index in [1.807, 2.05) is 20.8 Å². The molecule has 2 rings (SSSR count). The number of nitro groups is 1. The van der Waals surface area contributed by atoms with Crippen molar-refractivity contribution < 1.29 is 14.5 Å². The highest BCUT2D eigenvalue weighted by molar-refractivity contribution is 5.68. The summed E-state index contributed by atoms with van der Waals surface area (Å²) >= 11 is 0. The minimum atomic E-state index is -0.516. The minimum absolute atomic E-state index is 0.0807. The Labute approximate surface area is 136 Å². The van der Waals surface area contributed by atoms with Gasteiger partial charge in [-0.15, -0.1) is 0 Å². The third-order valence-corrected chi connectivity index (χ3v) is 4.12. The lowest BCUT2D eigenvalue weighted by Crippen LogP contribution is -2.48. The average Bonchev–Trinajstić information content (AvgIpc) is 2.45. The number of hydrogen-bond donors (Lipinski definition) is 0. The Kier molecular flexibility index (Phi) is 4.63. The molecule has 0 spiro atoms. The molecule has 1 aromatic rings. The zero-order chi connectivity index (χ0) is 17.3. The number of benzene rings is 1. The summed E-state index contributed by atoms with van der Waals surface area (Å²) in [7, 11) is 0. The molecule has 1 fully saturated rings. The van der Waals surface area contributed by atoms with E-state index in [4.69, 9.17) is 4.74 Å². The van der Waals surface area contributed by atoms with Crippen LogP contribution < -0.4 is 0 Å². The summed E-state index contributed by atoms with van der Waals surface area (Å²) in [6.45, 7) is 8.88. The molecule has 0 N–H and O–H groups in total. The molecule has 1 aliphatic rings. The van der Waals surface area contributed by atoms with E-state index in [1.54, 1.807) is 17.0 Å². The molecule has 0 aromatic heterocycles. The molecule has 1 aliphatic heterocycles. The number of carbonyl (C=O) groups excluding carboxylic acids is 1. The summed E-state index contributed by atoms with van der Waals surface area (Å²) in [5, 5.41) is 10.8. The number of likely N-dealkylation sites (tertiary alicyclic amines) is 1. The lowest BCUT2D eigenvalue weighted by atomic mass is 9.76. The van der Waals surface area contributed by atoms with Gasteiger partial charge in [-0.05, 0) is 39.2 Å². The van der Waals surface area contributed by atoms with Crippen LogP contribution in [0.1, 0.15) is 46.1 Å². The topological polar surface area (TPSA) is 72.7 Å². The molecule has 6 heteroatoms. The third-order valence-electron chi connectivity index (χ3n) is 4.12. The van der Waals surface area contributed by atoms with E-state index in [0.717, 1.165) is 18.4 Å². The van der Waals surface area contributed by atoms with Crippen LogP contribution in [-0.2, 0) is 10.2 Å². The van der Waals surface area contributed by atoms with Crippen LogP contribution >= 0.6 is 0 Å². The van der Waals surface area contributed by atoms with Gasteiger partial charge < -0.3 is 9.64 Å². The van der Waals surface area contributed by atoms with Crippen molar-refractivity contribution in [2.75, 3.05) is 13.1 Å². The second-order valence-corrected chi connectivity index (χ2v) is 7.37. The van der Waals surface area contributed by atoms with E-state index < -0.39 is 10.5 Å². The van der Waals surface area contributed by atoms with Gasteiger partial charge in [0, 0.05) is 30.6 Å². The fourth-order valence-electron chi connectivity index (χ4n) is 2.94. The van der Waals surface area contributed by atoms with Gasteiger partial charge in [0.1, 0.15) is 5.60 Å². The predicted molar refractivity (Wildman–Crippen MR) is 87.5 cm³/mol. The minimum Gasteiger partial charge on any atom is -0.444 e. The monoisotopic (exact) mass is 320 g/mol. The maximum atomic E-state index is 12.3. The van der Waals surface area contributed by atoms with Crippen LogP contribution in [0.5, 0.6) is 0 Å². The van der Waals surface area contributed by atoms with E-state index in [0.29, 0.717) is 13.1 Å². The Morgan fingerprint density at radius 3 is 2.43 bits per heavy atom. The number of hydrogen-bond acceptors (Lipinski definition) is 4. The molecule has 126 valence electrons. The van der Waals surface area contributed by atoms with Gasteiger partial charge >= 0.3 is 6.09 Å². The summed E-state index contributed by atoms with van der Waals surface area (Å²) in [5.74, 6) is 0. The van der Waals surface area contributed by atoms with Gasteiger partial charge in [-0.3, -0.25) is 10.1 Å². The first-order chi connectivity index (χ1) is 10.6. The highest BCUT2D eigenvalue weighted by Gasteiger charge is 2.36. The second-order valence-electron chi connectivity index (χ2n) is 7.37. The molecule has 1 atom stereocenters. The molecule has 0 saturated carbocycles. The van der Waals surface area contributed by atoms with Crippen LogP contribution in [0.4, 0.5) is 10.5 Å². The van der Waals surface area contributed by atoms with E-state index in [1.165, 1.54) is 12.1 Å². The zero-order valence-electron chi connectivity index (χ0n) is 14.2. The lowest BCUT2D eigenvalue weighted by molar-refractivity contribution is -0.384. The molecule has 0 radical (unpaired) electrons. The molecule has 0 bridgehead atoms. The van der Waals surface area contributed by atoms with Gasteiger partial charge in [-0.1, -0.05) is 19.1 Å². The summed E-state index contributed by atoms with van der Waals surface area (Å²) < 4.78 is 5.45. The summed E-state index contributed by atoms with van der Waals surface area (Å²) in [5.41, 5.74) is 0.358. The molecule has 1 heterocycles. The van der Waals surface area contributed by atoms with Gasteiger partial charge in [0.05, 0.1) is 4.92 Å². The molecule has 0 aliphatic carbocycles. The number of amides is 1. The number of nitro benzene ring substituents is 1. The summed E-state index contributed by atoms with van der Waals surface area (Å²) in [6.07, 6.45) is 1.52. The molecular formula is C17H24N2O4. The van der Waals surface area contributed by atoms with Gasteiger partial charge in [0.2, 0.25) is 0 Å². The van der Waals surface area contributed by atoms with Crippen LogP contribution in [0.2, 0.25) is 0 Å². The Morgan fingerprint density at radius 2 is 1.91 bits per heavy atom. The first kappa shape index (κ1) is 17.2. The summed E-state index contributed by atoms with van der Waals surface area (Å²) in [6, 6.07) is 6.62. The average molecular weight is 320 g/mol. The van der Waals surface area contributed by atoms with Crippen molar-refractivity contribution in [3.63, 3.8) is 0 Å². The van der Waals surface area contributed by atoms with Crippen molar-refractivity contribution in [1.82, 2.24) is 4.90 Å². The van der Waals surface area contributed by atoms with Gasteiger partial charge in [0.25, 0.3) is 5.69 Å². The molecule has 1 saturated heterocycles. The quantitative estimate of drug-likeness (QED) is 0.612. The Balaban J connectivity index is 2.15. The Bertz CT molecular complexity index is 592. The molecule has 23 heavy (non-hydrogen) atoms. The smallest absolute Gasteiger partial charge is 0.410 e. The predicted octanol–water partition coefficient (Wildman–Crippen LogP) is 3.88. The van der Waals surface area contributed by atoms with Crippen molar-refractivity contribution >= 4 is 11.8 Å². The fraction of sp³-hybridized carbons (Fsp3) is 0.588. The van der Waals surface area contributed by atoms with Gasteiger partial charge in [-0.2, -0.15) is 0 Å². The van der Waals surface area contributed by atoms with E-state index in [2.05, 4.69) is 6.92 Å². The standard InChI is InChI=1S/C17H24N2O4/c1-16(2,3)23-15(20)18-11-5-10-17(4,12-18)13-6-8-14(9-7-13)19(21)22/h6-9H,5,10-12H2,1-4H3. The SMILES string of the molecule is CC(C)(C)OC(=O)N1CCCC(C)(c2ccc([N+](=O)[O-])cc2)C1. The number of nitrogens with zero attached hydrogens (tertiary/aromatic N) is 2. The number of piperidine rings is 1. The number of ether oxygens (including phenoxy) is 1. The van der Waals surface area contributed by atoms with Crippen molar-refractivity contribution in [2.24, 2.45) is 0 Å². The van der Waals surface area contributed by atoms with Crippen LogP contribution in [-0.4, -0.2) is 34.6 Å². The van der Waals surface area contributed by atoms with Gasteiger partial charge in [-0.25, -0.2) is 4.79 Å². The first-order valence-electron chi connectivity index (χ1n) is 7.84. The van der Waals surface area contributed by atoms with E-state index >= 15 is 0 Å². The maximum absolute atomic E-state index is 12.3. The van der Waals surface area contributed by atoms with E-state index in [9.17, 15) is 14.9 Å². The Morgan fingerprint density at radius 1 is 1.30 bits per heavy atom. The molecule has 1 amide bonds. The van der Waals surface area contributed by atoms with Crippen molar-refractivity contribution in [1.29, 1.82) is 0 Å². The third kappa shape index (κ3) is 4.21. The Hall–Kier alpha value is -2.11. The number of rotatable bonds is 2. The maximum Gasteiger partial charge on any atom is 0.410 e. The molecule has 1 aromatic carbocycles. The lowest BCUT2D eigenvalue weighted by Gasteiger charge is -2.41. The van der Waals surface area contributed by atoms with Crippen molar-refractivity contribution in [2.45, 2.75) is 51.6 Å². The highest BCUT2D eigenvalue weighted by Crippen LogP contribution is 2.35. The number of carbonyl (C=O) groups is 1. The van der Waals surface area contributed by atoms with Crippen molar-refractivity contribution in [3.05, 3.63) is 39.9 Å². The zero-order valence-corrected chi connectivity index (χ0v) is 14.2.